The second-order valence-electron chi connectivity index (χ2n) is 6.08. The van der Waals surface area contributed by atoms with Crippen molar-refractivity contribution in [1.29, 1.82) is 0 Å². The van der Waals surface area contributed by atoms with E-state index in [0.717, 1.165) is 21.6 Å². The number of rotatable bonds is 6. The first kappa shape index (κ1) is 16.7. The first-order valence-corrected chi connectivity index (χ1v) is 8.94. The maximum Gasteiger partial charge on any atom is 0.234 e. The van der Waals surface area contributed by atoms with Crippen LogP contribution in [0.4, 0.5) is 0 Å². The van der Waals surface area contributed by atoms with Gasteiger partial charge in [0.1, 0.15) is 11.3 Å². The average Bonchev–Trinajstić information content (AvgIpc) is 3.23. The van der Waals surface area contributed by atoms with Gasteiger partial charge in [0.25, 0.3) is 0 Å². The zero-order chi connectivity index (χ0) is 17.1. The van der Waals surface area contributed by atoms with Gasteiger partial charge < -0.3 is 9.73 Å². The van der Waals surface area contributed by atoms with E-state index >= 15 is 0 Å². The zero-order valence-electron chi connectivity index (χ0n) is 14.2. The van der Waals surface area contributed by atoms with E-state index in [1.165, 1.54) is 0 Å². The third-order valence-corrected chi connectivity index (χ3v) is 5.31. The van der Waals surface area contributed by atoms with Crippen LogP contribution >= 0.6 is 11.3 Å². The van der Waals surface area contributed by atoms with Gasteiger partial charge in [-0.1, -0.05) is 24.3 Å². The molecule has 2 atom stereocenters. The number of nitrogens with one attached hydrogen (secondary N) is 1. The fourth-order valence-electron chi connectivity index (χ4n) is 2.68. The van der Waals surface area contributed by atoms with Gasteiger partial charge in [-0.15, -0.1) is 11.3 Å². The molecule has 0 aliphatic rings. The van der Waals surface area contributed by atoms with E-state index in [-0.39, 0.29) is 18.0 Å². The number of hydrogen-bond acceptors (Lipinski definition) is 4. The first-order chi connectivity index (χ1) is 11.5. The minimum absolute atomic E-state index is 0.0151. The molecule has 126 valence electrons. The number of thiophene rings is 1. The molecule has 2 aromatic heterocycles. The molecule has 3 rings (SSSR count). The molecule has 0 saturated heterocycles. The lowest BCUT2D eigenvalue weighted by molar-refractivity contribution is -0.123. The molecule has 0 radical (unpaired) electrons. The van der Waals surface area contributed by atoms with Crippen molar-refractivity contribution in [3.05, 3.63) is 58.5 Å². The summed E-state index contributed by atoms with van der Waals surface area (Å²) in [4.78, 5) is 15.4. The van der Waals surface area contributed by atoms with Crippen molar-refractivity contribution in [2.75, 3.05) is 13.6 Å². The van der Waals surface area contributed by atoms with Crippen LogP contribution in [0.5, 0.6) is 0 Å². The Balaban J connectivity index is 1.61. The summed E-state index contributed by atoms with van der Waals surface area (Å²) >= 11 is 1.65. The maximum atomic E-state index is 12.3. The second kappa shape index (κ2) is 7.20. The van der Waals surface area contributed by atoms with Crippen LogP contribution in [-0.4, -0.2) is 24.4 Å². The van der Waals surface area contributed by atoms with Crippen molar-refractivity contribution >= 4 is 28.2 Å². The number of nitrogens with zero attached hydrogens (tertiary/aromatic N) is 1. The summed E-state index contributed by atoms with van der Waals surface area (Å²) in [6.07, 6.45) is 0. The lowest BCUT2D eigenvalue weighted by atomic mass is 10.2. The van der Waals surface area contributed by atoms with Crippen molar-refractivity contribution in [3.63, 3.8) is 0 Å². The molecule has 0 aliphatic carbocycles. The Bertz CT molecular complexity index is 777. The predicted octanol–water partition coefficient (Wildman–Crippen LogP) is 4.36. The molecule has 0 spiro atoms. The van der Waals surface area contributed by atoms with Crippen molar-refractivity contribution in [3.8, 4) is 0 Å². The zero-order valence-corrected chi connectivity index (χ0v) is 15.0. The number of hydrogen-bond donors (Lipinski definition) is 1. The summed E-state index contributed by atoms with van der Waals surface area (Å²) < 4.78 is 5.90. The van der Waals surface area contributed by atoms with E-state index in [9.17, 15) is 4.79 Å². The minimum atomic E-state index is 0.0151. The van der Waals surface area contributed by atoms with E-state index in [1.807, 2.05) is 73.6 Å². The lowest BCUT2D eigenvalue weighted by Crippen LogP contribution is -2.37. The van der Waals surface area contributed by atoms with Gasteiger partial charge in [-0.25, -0.2) is 0 Å². The van der Waals surface area contributed by atoms with Crippen LogP contribution in [0.15, 0.2) is 52.3 Å². The van der Waals surface area contributed by atoms with E-state index in [2.05, 4.69) is 5.32 Å². The molecule has 4 nitrogen and oxygen atoms in total. The lowest BCUT2D eigenvalue weighted by Gasteiger charge is -2.23. The summed E-state index contributed by atoms with van der Waals surface area (Å²) in [5.74, 6) is 0.888. The van der Waals surface area contributed by atoms with Gasteiger partial charge in [0.2, 0.25) is 5.91 Å². The number of carbonyl (C=O) groups excluding carboxylic acids is 1. The summed E-state index contributed by atoms with van der Waals surface area (Å²) in [6, 6.07) is 14.1. The standard InChI is InChI=1S/C19H22N2O2S/c1-13(18-9-6-10-24-18)20-19(22)12-21(3)14(2)17-11-15-7-4-5-8-16(15)23-17/h4-11,13-14H,12H2,1-3H3,(H,20,22). The molecule has 3 aromatic rings. The van der Waals surface area contributed by atoms with Crippen LogP contribution in [0.3, 0.4) is 0 Å². The highest BCUT2D eigenvalue weighted by atomic mass is 32.1. The highest BCUT2D eigenvalue weighted by Gasteiger charge is 2.19. The van der Waals surface area contributed by atoms with Crippen LogP contribution in [0, 0.1) is 0 Å². The van der Waals surface area contributed by atoms with Crippen molar-refractivity contribution < 1.29 is 9.21 Å². The van der Waals surface area contributed by atoms with Gasteiger partial charge in [-0.05, 0) is 44.5 Å². The number of carbonyl (C=O) groups is 1. The normalized spacial score (nSPS) is 14.0. The SMILES string of the molecule is CC(NC(=O)CN(C)C(C)c1cc2ccccc2o1)c1cccs1. The van der Waals surface area contributed by atoms with Gasteiger partial charge in [0.05, 0.1) is 18.6 Å². The Morgan fingerprint density at radius 3 is 2.75 bits per heavy atom. The van der Waals surface area contributed by atoms with Crippen LogP contribution < -0.4 is 5.32 Å². The Kier molecular flexibility index (Phi) is 5.02. The largest absolute Gasteiger partial charge is 0.459 e. The van der Waals surface area contributed by atoms with E-state index in [4.69, 9.17) is 4.42 Å². The highest BCUT2D eigenvalue weighted by molar-refractivity contribution is 7.10. The molecule has 5 heteroatoms. The third kappa shape index (κ3) is 3.68. The Labute approximate surface area is 146 Å². The first-order valence-electron chi connectivity index (χ1n) is 8.06. The molecule has 24 heavy (non-hydrogen) atoms. The summed E-state index contributed by atoms with van der Waals surface area (Å²) in [5, 5.41) is 6.15. The fraction of sp³-hybridized carbons (Fsp3) is 0.316. The minimum Gasteiger partial charge on any atom is -0.459 e. The van der Waals surface area contributed by atoms with Gasteiger partial charge in [-0.3, -0.25) is 9.69 Å². The number of furan rings is 1. The number of likely N-dealkylation sites (N-methyl/N-ethyl adjacent to an activating group) is 1. The van der Waals surface area contributed by atoms with Crippen LogP contribution in [-0.2, 0) is 4.79 Å². The fourth-order valence-corrected chi connectivity index (χ4v) is 3.42. The molecular weight excluding hydrogens is 320 g/mol. The van der Waals surface area contributed by atoms with Crippen molar-refractivity contribution in [2.45, 2.75) is 25.9 Å². The van der Waals surface area contributed by atoms with Crippen LogP contribution in [0.1, 0.15) is 36.6 Å². The van der Waals surface area contributed by atoms with Crippen molar-refractivity contribution in [2.24, 2.45) is 0 Å². The number of amides is 1. The van der Waals surface area contributed by atoms with Crippen LogP contribution in [0.2, 0.25) is 0 Å². The number of fused-ring (bicyclic) bond motifs is 1. The topological polar surface area (TPSA) is 45.5 Å². The molecule has 1 N–H and O–H groups in total. The maximum absolute atomic E-state index is 12.3. The van der Waals surface area contributed by atoms with E-state index in [1.54, 1.807) is 11.3 Å². The van der Waals surface area contributed by atoms with Crippen molar-refractivity contribution in [1.82, 2.24) is 10.2 Å². The Morgan fingerprint density at radius 2 is 2.04 bits per heavy atom. The van der Waals surface area contributed by atoms with Gasteiger partial charge in [0.15, 0.2) is 0 Å². The van der Waals surface area contributed by atoms with Crippen LogP contribution in [0.25, 0.3) is 11.0 Å². The predicted molar refractivity (Wildman–Crippen MR) is 98.1 cm³/mol. The number of benzene rings is 1. The molecule has 0 aliphatic heterocycles. The van der Waals surface area contributed by atoms with Gasteiger partial charge in [-0.2, -0.15) is 0 Å². The smallest absolute Gasteiger partial charge is 0.234 e. The molecular formula is C19H22N2O2S. The molecule has 2 unspecified atom stereocenters. The average molecular weight is 342 g/mol. The Hall–Kier alpha value is -2.11. The Morgan fingerprint density at radius 1 is 1.25 bits per heavy atom. The highest BCUT2D eigenvalue weighted by Crippen LogP contribution is 2.26. The van der Waals surface area contributed by atoms with Gasteiger partial charge in [0, 0.05) is 10.3 Å². The molecule has 1 aromatic carbocycles. The third-order valence-electron chi connectivity index (χ3n) is 4.26. The second-order valence-corrected chi connectivity index (χ2v) is 7.06. The summed E-state index contributed by atoms with van der Waals surface area (Å²) in [5.41, 5.74) is 0.878. The quantitative estimate of drug-likeness (QED) is 0.724. The molecule has 0 saturated carbocycles. The molecule has 0 bridgehead atoms. The summed E-state index contributed by atoms with van der Waals surface area (Å²) in [7, 11) is 1.94. The van der Waals surface area contributed by atoms with Gasteiger partial charge >= 0.3 is 0 Å². The van der Waals surface area contributed by atoms with E-state index < -0.39 is 0 Å². The molecule has 0 fully saturated rings. The summed E-state index contributed by atoms with van der Waals surface area (Å²) in [6.45, 7) is 4.38. The van der Waals surface area contributed by atoms with E-state index in [0.29, 0.717) is 6.54 Å². The number of para-hydroxylation sites is 1. The molecule has 1 amide bonds. The molecule has 2 heterocycles. The monoisotopic (exact) mass is 342 g/mol.